The number of hydrogen-bond donors (Lipinski definition) is 1. The monoisotopic (exact) mass is 251 g/mol. The Bertz CT molecular complexity index is 424. The van der Waals surface area contributed by atoms with E-state index in [1.807, 2.05) is 6.92 Å². The highest BCUT2D eigenvalue weighted by molar-refractivity contribution is 5.77. The van der Waals surface area contributed by atoms with Crippen LogP contribution in [0.3, 0.4) is 0 Å². The zero-order valence-corrected chi connectivity index (χ0v) is 10.5. The molecule has 0 aliphatic carbocycles. The summed E-state index contributed by atoms with van der Waals surface area (Å²) in [5, 5.41) is 9.82. The van der Waals surface area contributed by atoms with Crippen molar-refractivity contribution in [2.45, 2.75) is 31.8 Å². The fourth-order valence-corrected chi connectivity index (χ4v) is 2.12. The van der Waals surface area contributed by atoms with E-state index in [0.717, 1.165) is 5.56 Å². The second kappa shape index (κ2) is 5.06. The van der Waals surface area contributed by atoms with Gasteiger partial charge >= 0.3 is 0 Å². The molecule has 1 fully saturated rings. The number of benzene rings is 1. The Labute approximate surface area is 106 Å². The molecule has 2 rings (SSSR count). The quantitative estimate of drug-likeness (QED) is 0.885. The first-order chi connectivity index (χ1) is 8.52. The minimum Gasteiger partial charge on any atom is -0.386 e. The van der Waals surface area contributed by atoms with Gasteiger partial charge in [0, 0.05) is 6.42 Å². The van der Waals surface area contributed by atoms with E-state index in [2.05, 4.69) is 0 Å². The highest BCUT2D eigenvalue weighted by atomic mass is 19.1. The zero-order chi connectivity index (χ0) is 13.2. The molecule has 0 spiro atoms. The summed E-state index contributed by atoms with van der Waals surface area (Å²) in [7, 11) is 0. The lowest BCUT2D eigenvalue weighted by Gasteiger charge is -2.46. The number of carbonyl (C=O) groups is 1. The molecule has 4 heteroatoms. The van der Waals surface area contributed by atoms with E-state index in [1.165, 1.54) is 12.1 Å². The van der Waals surface area contributed by atoms with Crippen LogP contribution in [0, 0.1) is 5.82 Å². The Morgan fingerprint density at radius 3 is 2.56 bits per heavy atom. The molecule has 1 saturated heterocycles. The molecule has 1 heterocycles. The predicted octanol–water partition coefficient (Wildman–Crippen LogP) is 1.74. The number of hydrogen-bond acceptors (Lipinski definition) is 2. The van der Waals surface area contributed by atoms with Crippen molar-refractivity contribution in [2.75, 3.05) is 13.1 Å². The van der Waals surface area contributed by atoms with Gasteiger partial charge in [-0.1, -0.05) is 19.1 Å². The number of amides is 1. The first-order valence-electron chi connectivity index (χ1n) is 6.27. The lowest BCUT2D eigenvalue weighted by Crippen LogP contribution is -2.63. The maximum absolute atomic E-state index is 12.7. The third kappa shape index (κ3) is 2.88. The molecule has 1 N–H and O–H groups in total. The van der Waals surface area contributed by atoms with Crippen LogP contribution in [0.15, 0.2) is 24.3 Å². The average Bonchev–Trinajstić information content (AvgIpc) is 2.34. The molecule has 1 amide bonds. The van der Waals surface area contributed by atoms with Crippen molar-refractivity contribution in [2.24, 2.45) is 0 Å². The molecule has 18 heavy (non-hydrogen) atoms. The number of carbonyl (C=O) groups excluding carboxylic acids is 1. The summed E-state index contributed by atoms with van der Waals surface area (Å²) in [4.78, 5) is 13.5. The molecule has 3 nitrogen and oxygen atoms in total. The molecular formula is C14H18FNO2. The molecule has 0 radical (unpaired) electrons. The Morgan fingerprint density at radius 2 is 2.00 bits per heavy atom. The maximum atomic E-state index is 12.7. The summed E-state index contributed by atoms with van der Waals surface area (Å²) in [6.07, 6.45) is 1.69. The van der Waals surface area contributed by atoms with Crippen LogP contribution in [0.1, 0.15) is 25.3 Å². The number of nitrogens with zero attached hydrogens (tertiary/aromatic N) is 1. The minimum absolute atomic E-state index is 0.0532. The topological polar surface area (TPSA) is 40.5 Å². The summed E-state index contributed by atoms with van der Waals surface area (Å²) in [6, 6.07) is 6.20. The van der Waals surface area contributed by atoms with Gasteiger partial charge in [-0.25, -0.2) is 4.39 Å². The van der Waals surface area contributed by atoms with Crippen LogP contribution >= 0.6 is 0 Å². The van der Waals surface area contributed by atoms with Crippen molar-refractivity contribution < 1.29 is 14.3 Å². The number of likely N-dealkylation sites (tertiary alicyclic amines) is 1. The van der Waals surface area contributed by atoms with Crippen LogP contribution in [0.4, 0.5) is 4.39 Å². The van der Waals surface area contributed by atoms with Crippen LogP contribution in [0.5, 0.6) is 0 Å². The van der Waals surface area contributed by atoms with E-state index in [9.17, 15) is 14.3 Å². The van der Waals surface area contributed by atoms with Gasteiger partial charge in [0.05, 0.1) is 18.7 Å². The number of rotatable bonds is 4. The van der Waals surface area contributed by atoms with Gasteiger partial charge in [0.25, 0.3) is 0 Å². The molecule has 0 bridgehead atoms. The SMILES string of the molecule is CCC1(O)CN(C(=O)CCc2ccc(F)cc2)C1. The van der Waals surface area contributed by atoms with Gasteiger partial charge < -0.3 is 10.0 Å². The summed E-state index contributed by atoms with van der Waals surface area (Å²) in [5.41, 5.74) is 0.280. The Kier molecular flexibility index (Phi) is 3.66. The van der Waals surface area contributed by atoms with E-state index in [0.29, 0.717) is 32.4 Å². The van der Waals surface area contributed by atoms with E-state index in [1.54, 1.807) is 17.0 Å². The molecule has 1 aliphatic rings. The molecule has 0 unspecified atom stereocenters. The number of β-amino-alcohol motifs (C(OH)–C–C–N with tert-alkyl or cyclic N) is 1. The van der Waals surface area contributed by atoms with Crippen LogP contribution in [0.2, 0.25) is 0 Å². The van der Waals surface area contributed by atoms with Gasteiger partial charge in [-0.05, 0) is 30.5 Å². The van der Waals surface area contributed by atoms with Crippen LogP contribution in [-0.4, -0.2) is 34.6 Å². The lowest BCUT2D eigenvalue weighted by molar-refractivity contribution is -0.155. The van der Waals surface area contributed by atoms with Gasteiger partial charge in [0.15, 0.2) is 0 Å². The fourth-order valence-electron chi connectivity index (χ4n) is 2.12. The van der Waals surface area contributed by atoms with Gasteiger partial charge in [0.1, 0.15) is 5.82 Å². The molecule has 0 aromatic heterocycles. The van der Waals surface area contributed by atoms with Gasteiger partial charge in [-0.2, -0.15) is 0 Å². The van der Waals surface area contributed by atoms with Gasteiger partial charge in [0.2, 0.25) is 5.91 Å². The van der Waals surface area contributed by atoms with E-state index < -0.39 is 5.60 Å². The maximum Gasteiger partial charge on any atom is 0.223 e. The second-order valence-electron chi connectivity index (χ2n) is 4.95. The van der Waals surface area contributed by atoms with Crippen molar-refractivity contribution in [3.63, 3.8) is 0 Å². The first kappa shape index (κ1) is 13.0. The Hall–Kier alpha value is -1.42. The molecule has 98 valence electrons. The zero-order valence-electron chi connectivity index (χ0n) is 10.5. The second-order valence-corrected chi connectivity index (χ2v) is 4.95. The van der Waals surface area contributed by atoms with Gasteiger partial charge in [-0.15, -0.1) is 0 Å². The minimum atomic E-state index is -0.675. The first-order valence-corrected chi connectivity index (χ1v) is 6.27. The Balaban J connectivity index is 1.78. The van der Waals surface area contributed by atoms with Crippen LogP contribution in [-0.2, 0) is 11.2 Å². The molecular weight excluding hydrogens is 233 g/mol. The van der Waals surface area contributed by atoms with Crippen molar-refractivity contribution in [1.82, 2.24) is 4.90 Å². The average molecular weight is 251 g/mol. The third-order valence-electron chi connectivity index (χ3n) is 3.52. The third-order valence-corrected chi connectivity index (χ3v) is 3.52. The summed E-state index contributed by atoms with van der Waals surface area (Å²) < 4.78 is 12.7. The van der Waals surface area contributed by atoms with E-state index in [-0.39, 0.29) is 11.7 Å². The summed E-state index contributed by atoms with van der Waals surface area (Å²) in [5.74, 6) is -0.210. The van der Waals surface area contributed by atoms with Crippen LogP contribution < -0.4 is 0 Å². The number of aliphatic hydroxyl groups is 1. The van der Waals surface area contributed by atoms with Crippen LogP contribution in [0.25, 0.3) is 0 Å². The van der Waals surface area contributed by atoms with E-state index >= 15 is 0 Å². The molecule has 0 saturated carbocycles. The fraction of sp³-hybridized carbons (Fsp3) is 0.500. The molecule has 1 aromatic rings. The standard InChI is InChI=1S/C14H18FNO2/c1-2-14(18)9-16(10-14)13(17)8-5-11-3-6-12(15)7-4-11/h3-4,6-7,18H,2,5,8-10H2,1H3. The predicted molar refractivity (Wildman–Crippen MR) is 66.5 cm³/mol. The van der Waals surface area contributed by atoms with Crippen molar-refractivity contribution in [1.29, 1.82) is 0 Å². The highest BCUT2D eigenvalue weighted by Crippen LogP contribution is 2.24. The van der Waals surface area contributed by atoms with Crippen molar-refractivity contribution in [3.8, 4) is 0 Å². The van der Waals surface area contributed by atoms with E-state index in [4.69, 9.17) is 0 Å². The molecule has 0 atom stereocenters. The highest BCUT2D eigenvalue weighted by Gasteiger charge is 2.41. The largest absolute Gasteiger partial charge is 0.386 e. The smallest absolute Gasteiger partial charge is 0.223 e. The summed E-state index contributed by atoms with van der Waals surface area (Å²) >= 11 is 0. The molecule has 1 aromatic carbocycles. The lowest BCUT2D eigenvalue weighted by atomic mass is 9.91. The number of aryl methyl sites for hydroxylation is 1. The van der Waals surface area contributed by atoms with Crippen molar-refractivity contribution in [3.05, 3.63) is 35.6 Å². The van der Waals surface area contributed by atoms with Gasteiger partial charge in [-0.3, -0.25) is 4.79 Å². The normalized spacial score (nSPS) is 17.4. The number of halogens is 1. The molecule has 1 aliphatic heterocycles. The summed E-state index contributed by atoms with van der Waals surface area (Å²) in [6.45, 7) is 2.79. The van der Waals surface area contributed by atoms with Crippen molar-refractivity contribution >= 4 is 5.91 Å². The Morgan fingerprint density at radius 1 is 1.39 bits per heavy atom.